The van der Waals surface area contributed by atoms with Gasteiger partial charge < -0.3 is 5.73 Å². The molecule has 0 aliphatic rings. The highest BCUT2D eigenvalue weighted by atomic mass is 14.8. The second-order valence-corrected chi connectivity index (χ2v) is 3.98. The first-order valence-electron chi connectivity index (χ1n) is 5.66. The fraction of sp³-hybridized carbons (Fsp3) is 0. The molecule has 2 aromatic carbocycles. The molecule has 4 heteroatoms. The lowest BCUT2D eigenvalue weighted by atomic mass is 10.0. The van der Waals surface area contributed by atoms with Gasteiger partial charge in [0.2, 0.25) is 5.39 Å². The molecule has 0 radical (unpaired) electrons. The van der Waals surface area contributed by atoms with Crippen LogP contribution in [-0.4, -0.2) is 0 Å². The molecule has 0 saturated heterocycles. The normalized spacial score (nSPS) is 10.5. The topological polar surface area (TPSA) is 78.0 Å². The van der Waals surface area contributed by atoms with Gasteiger partial charge in [-0.25, -0.2) is 0 Å². The van der Waals surface area contributed by atoms with Crippen LogP contribution in [0, 0.1) is 16.7 Å². The number of anilines is 1. The minimum atomic E-state index is 0.452. The zero-order valence-corrected chi connectivity index (χ0v) is 10.1. The van der Waals surface area contributed by atoms with E-state index in [9.17, 15) is 5.26 Å². The quantitative estimate of drug-likeness (QED) is 0.379. The van der Waals surface area contributed by atoms with Crippen LogP contribution in [0.5, 0.6) is 0 Å². The van der Waals surface area contributed by atoms with Gasteiger partial charge >= 0.3 is 5.69 Å². The van der Waals surface area contributed by atoms with Crippen molar-refractivity contribution < 1.29 is 0 Å². The Morgan fingerprint density at radius 3 is 2.21 bits per heavy atom. The summed E-state index contributed by atoms with van der Waals surface area (Å²) in [5, 5.41) is 17.8. The molecule has 2 N–H and O–H groups in total. The van der Waals surface area contributed by atoms with Gasteiger partial charge in [0.15, 0.2) is 4.98 Å². The summed E-state index contributed by atoms with van der Waals surface area (Å²) in [6, 6.07) is 16.2. The molecule has 0 aliphatic heterocycles. The first-order chi connectivity index (χ1) is 9.22. The average Bonchev–Trinajstić information content (AvgIpc) is 2.47. The Morgan fingerprint density at radius 1 is 1.05 bits per heavy atom. The fourth-order valence-electron chi connectivity index (χ4n) is 1.65. The molecule has 0 amide bonds. The monoisotopic (exact) mass is 247 g/mol. The SMILES string of the molecule is N#C/C(=C/c1ccc(N)cc1)c1ccc([N+]#N)cc1. The number of hydrogen-bond acceptors (Lipinski definition) is 3. The Morgan fingerprint density at radius 2 is 1.68 bits per heavy atom. The third-order valence-electron chi connectivity index (χ3n) is 2.66. The van der Waals surface area contributed by atoms with E-state index in [-0.39, 0.29) is 0 Å². The molecule has 0 heterocycles. The maximum Gasteiger partial charge on any atom is 0.385 e. The van der Waals surface area contributed by atoms with Crippen LogP contribution < -0.4 is 5.73 Å². The van der Waals surface area contributed by atoms with Crippen molar-refractivity contribution in [2.75, 3.05) is 5.73 Å². The largest absolute Gasteiger partial charge is 0.399 e. The summed E-state index contributed by atoms with van der Waals surface area (Å²) in [5.74, 6) is 0. The molecule has 0 unspecified atom stereocenters. The highest BCUT2D eigenvalue weighted by molar-refractivity contribution is 5.90. The number of diazo groups is 1. The molecule has 90 valence electrons. The van der Waals surface area contributed by atoms with Crippen molar-refractivity contribution in [2.24, 2.45) is 0 Å². The van der Waals surface area contributed by atoms with Crippen LogP contribution in [0.15, 0.2) is 48.5 Å². The van der Waals surface area contributed by atoms with Gasteiger partial charge in [0.05, 0.1) is 11.6 Å². The number of hydrogen-bond donors (Lipinski definition) is 1. The van der Waals surface area contributed by atoms with E-state index in [0.29, 0.717) is 16.9 Å². The number of nitrogens with two attached hydrogens (primary N) is 1. The summed E-state index contributed by atoms with van der Waals surface area (Å²) in [6.07, 6.45) is 1.78. The van der Waals surface area contributed by atoms with Gasteiger partial charge in [-0.1, -0.05) is 12.1 Å². The predicted molar refractivity (Wildman–Crippen MR) is 75.5 cm³/mol. The van der Waals surface area contributed by atoms with Crippen molar-refractivity contribution >= 4 is 23.0 Å². The van der Waals surface area contributed by atoms with Crippen LogP contribution in [0.3, 0.4) is 0 Å². The zero-order valence-electron chi connectivity index (χ0n) is 10.1. The Kier molecular flexibility index (Phi) is 3.56. The predicted octanol–water partition coefficient (Wildman–Crippen LogP) is 3.82. The van der Waals surface area contributed by atoms with Gasteiger partial charge in [-0.2, -0.15) is 5.26 Å². The first-order valence-corrected chi connectivity index (χ1v) is 5.66. The summed E-state index contributed by atoms with van der Waals surface area (Å²) in [6.45, 7) is 0. The van der Waals surface area contributed by atoms with Crippen LogP contribution >= 0.6 is 0 Å². The van der Waals surface area contributed by atoms with Crippen LogP contribution in [0.25, 0.3) is 16.6 Å². The number of nitriles is 1. The molecule has 0 fully saturated rings. The van der Waals surface area contributed by atoms with E-state index in [0.717, 1.165) is 11.1 Å². The van der Waals surface area contributed by atoms with Crippen LogP contribution in [-0.2, 0) is 0 Å². The van der Waals surface area contributed by atoms with Crippen molar-refractivity contribution in [3.05, 3.63) is 64.6 Å². The number of nitrogens with zero attached hydrogens (tertiary/aromatic N) is 3. The van der Waals surface area contributed by atoms with E-state index in [4.69, 9.17) is 11.1 Å². The third kappa shape index (κ3) is 2.96. The van der Waals surface area contributed by atoms with E-state index in [1.807, 2.05) is 12.1 Å². The maximum atomic E-state index is 9.21. The van der Waals surface area contributed by atoms with Gasteiger partial charge in [0.25, 0.3) is 0 Å². The lowest BCUT2D eigenvalue weighted by Gasteiger charge is -1.99. The third-order valence-corrected chi connectivity index (χ3v) is 2.66. The Hall–Kier alpha value is -3.11. The lowest BCUT2D eigenvalue weighted by Crippen LogP contribution is -1.84. The minimum absolute atomic E-state index is 0.452. The molecule has 19 heavy (non-hydrogen) atoms. The number of benzene rings is 2. The average molecular weight is 247 g/mol. The molecule has 2 aromatic rings. The molecular formula is C15H11N4+. The van der Waals surface area contributed by atoms with E-state index in [1.165, 1.54) is 0 Å². The Bertz CT molecular complexity index is 683. The van der Waals surface area contributed by atoms with E-state index in [2.05, 4.69) is 11.0 Å². The Labute approximate surface area is 111 Å². The molecule has 0 saturated carbocycles. The summed E-state index contributed by atoms with van der Waals surface area (Å²) in [4.78, 5) is 3.07. The number of nitrogen functional groups attached to an aromatic ring is 1. The van der Waals surface area contributed by atoms with Crippen molar-refractivity contribution in [2.45, 2.75) is 0 Å². The molecule has 2 rings (SSSR count). The second-order valence-electron chi connectivity index (χ2n) is 3.98. The van der Waals surface area contributed by atoms with E-state index >= 15 is 0 Å². The zero-order chi connectivity index (χ0) is 13.7. The van der Waals surface area contributed by atoms with E-state index in [1.54, 1.807) is 42.5 Å². The van der Waals surface area contributed by atoms with Gasteiger partial charge in [-0.05, 0) is 41.5 Å². The summed E-state index contributed by atoms with van der Waals surface area (Å²) in [7, 11) is 0. The molecular weight excluding hydrogens is 236 g/mol. The molecule has 0 aliphatic carbocycles. The maximum absolute atomic E-state index is 9.21. The Balaban J connectivity index is 2.36. The summed E-state index contributed by atoms with van der Waals surface area (Å²) in [5.41, 5.74) is 8.96. The fourth-order valence-corrected chi connectivity index (χ4v) is 1.65. The van der Waals surface area contributed by atoms with Crippen LogP contribution in [0.1, 0.15) is 11.1 Å². The molecule has 4 nitrogen and oxygen atoms in total. The molecule has 0 atom stereocenters. The van der Waals surface area contributed by atoms with Crippen LogP contribution in [0.2, 0.25) is 0 Å². The van der Waals surface area contributed by atoms with E-state index < -0.39 is 0 Å². The van der Waals surface area contributed by atoms with Crippen LogP contribution in [0.4, 0.5) is 11.4 Å². The standard InChI is InChI=1S/C15H11N4/c16-10-13(9-11-1-5-14(17)6-2-11)12-3-7-15(19-18)8-4-12/h1-9H,17H2/q+1/b13-9-. The molecule has 0 bridgehead atoms. The highest BCUT2D eigenvalue weighted by Crippen LogP contribution is 2.21. The van der Waals surface area contributed by atoms with Crippen molar-refractivity contribution in [1.82, 2.24) is 0 Å². The summed E-state index contributed by atoms with van der Waals surface area (Å²) < 4.78 is 0. The van der Waals surface area contributed by atoms with Gasteiger partial charge in [-0.3, -0.25) is 0 Å². The second kappa shape index (κ2) is 5.48. The smallest absolute Gasteiger partial charge is 0.385 e. The van der Waals surface area contributed by atoms with Crippen molar-refractivity contribution in [3.8, 4) is 6.07 Å². The summed E-state index contributed by atoms with van der Waals surface area (Å²) >= 11 is 0. The van der Waals surface area contributed by atoms with Gasteiger partial charge in [-0.15, -0.1) is 0 Å². The van der Waals surface area contributed by atoms with Gasteiger partial charge in [0, 0.05) is 17.8 Å². The first kappa shape index (κ1) is 12.3. The minimum Gasteiger partial charge on any atom is -0.399 e. The number of allylic oxidation sites excluding steroid dienone is 1. The molecule has 0 aromatic heterocycles. The molecule has 0 spiro atoms. The number of rotatable bonds is 2. The van der Waals surface area contributed by atoms with Crippen molar-refractivity contribution in [1.29, 1.82) is 10.7 Å². The van der Waals surface area contributed by atoms with Crippen molar-refractivity contribution in [3.63, 3.8) is 0 Å². The van der Waals surface area contributed by atoms with Gasteiger partial charge in [0.1, 0.15) is 0 Å². The highest BCUT2D eigenvalue weighted by Gasteiger charge is 2.06. The lowest BCUT2D eigenvalue weighted by molar-refractivity contribution is 1.46.